The quantitative estimate of drug-likeness (QED) is 0.679. The Kier molecular flexibility index (Phi) is 7.44. The number of carboxylic acid groups (broad SMARTS) is 1. The van der Waals surface area contributed by atoms with Crippen molar-refractivity contribution in [2.75, 3.05) is 6.54 Å². The first-order chi connectivity index (χ1) is 9.06. The number of rotatable bonds is 8. The molecule has 0 amide bonds. The van der Waals surface area contributed by atoms with Gasteiger partial charge in [0, 0.05) is 12.1 Å². The predicted octanol–water partition coefficient (Wildman–Crippen LogP) is 3.92. The molecular weight excluding hydrogens is 238 g/mol. The zero-order valence-corrected chi connectivity index (χ0v) is 12.9. The van der Waals surface area contributed by atoms with E-state index in [0.29, 0.717) is 12.1 Å². The Morgan fingerprint density at radius 1 is 1.32 bits per heavy atom. The highest BCUT2D eigenvalue weighted by atomic mass is 16.4. The summed E-state index contributed by atoms with van der Waals surface area (Å²) >= 11 is 0. The summed E-state index contributed by atoms with van der Waals surface area (Å²) in [6.45, 7) is 7.69. The third-order valence-electron chi connectivity index (χ3n) is 4.57. The summed E-state index contributed by atoms with van der Waals surface area (Å²) in [7, 11) is 0. The fourth-order valence-corrected chi connectivity index (χ4v) is 3.28. The molecule has 3 heteroatoms. The third kappa shape index (κ3) is 5.52. The normalized spacial score (nSPS) is 26.3. The average Bonchev–Trinajstić information content (AvgIpc) is 2.38. The minimum absolute atomic E-state index is 0.122. The van der Waals surface area contributed by atoms with E-state index in [1.807, 2.05) is 0 Å². The van der Waals surface area contributed by atoms with E-state index in [9.17, 15) is 4.79 Å². The third-order valence-corrected chi connectivity index (χ3v) is 4.57. The van der Waals surface area contributed by atoms with Crippen LogP contribution in [0.3, 0.4) is 0 Å². The Balaban J connectivity index is 2.25. The lowest BCUT2D eigenvalue weighted by Crippen LogP contribution is -2.47. The van der Waals surface area contributed by atoms with Crippen molar-refractivity contribution in [3.63, 3.8) is 0 Å². The molecule has 0 aromatic heterocycles. The zero-order chi connectivity index (χ0) is 14.3. The second-order valence-corrected chi connectivity index (χ2v) is 6.20. The molecule has 1 fully saturated rings. The van der Waals surface area contributed by atoms with Crippen LogP contribution in [0.25, 0.3) is 0 Å². The molecule has 1 N–H and O–H groups in total. The first-order valence-electron chi connectivity index (χ1n) is 8.04. The van der Waals surface area contributed by atoms with Crippen LogP contribution in [0.1, 0.15) is 72.1 Å². The van der Waals surface area contributed by atoms with Crippen molar-refractivity contribution in [1.82, 2.24) is 4.90 Å². The lowest BCUT2D eigenvalue weighted by molar-refractivity contribution is -0.144. The molecule has 112 valence electrons. The average molecular weight is 269 g/mol. The number of unbranched alkanes of at least 4 members (excludes halogenated alkanes) is 4. The standard InChI is InChI=1S/C16H31NO2/c1-4-5-6-7-8-9-13(2)17-11-10-15(16(18)19)12-14(17)3/h13-15H,4-12H2,1-3H3,(H,18,19). The molecular formula is C16H31NO2. The Hall–Kier alpha value is -0.570. The summed E-state index contributed by atoms with van der Waals surface area (Å²) in [4.78, 5) is 13.5. The van der Waals surface area contributed by atoms with Crippen LogP contribution in [-0.2, 0) is 4.79 Å². The van der Waals surface area contributed by atoms with Crippen molar-refractivity contribution < 1.29 is 9.90 Å². The monoisotopic (exact) mass is 269 g/mol. The highest BCUT2D eigenvalue weighted by Gasteiger charge is 2.31. The van der Waals surface area contributed by atoms with Crippen molar-refractivity contribution >= 4 is 5.97 Å². The summed E-state index contributed by atoms with van der Waals surface area (Å²) in [5.74, 6) is -0.735. The second-order valence-electron chi connectivity index (χ2n) is 6.20. The van der Waals surface area contributed by atoms with Gasteiger partial charge >= 0.3 is 5.97 Å². The maximum absolute atomic E-state index is 11.0. The maximum Gasteiger partial charge on any atom is 0.306 e. The van der Waals surface area contributed by atoms with Crippen LogP contribution < -0.4 is 0 Å². The highest BCUT2D eigenvalue weighted by molar-refractivity contribution is 5.70. The maximum atomic E-state index is 11.0. The van der Waals surface area contributed by atoms with E-state index in [1.165, 1.54) is 38.5 Å². The minimum Gasteiger partial charge on any atom is -0.481 e. The fourth-order valence-electron chi connectivity index (χ4n) is 3.28. The molecule has 1 aliphatic heterocycles. The minimum atomic E-state index is -0.612. The van der Waals surface area contributed by atoms with Gasteiger partial charge in [-0.1, -0.05) is 39.0 Å². The summed E-state index contributed by atoms with van der Waals surface area (Å²) in [5.41, 5.74) is 0. The van der Waals surface area contributed by atoms with Gasteiger partial charge in [0.05, 0.1) is 5.92 Å². The first-order valence-corrected chi connectivity index (χ1v) is 8.04. The number of likely N-dealkylation sites (tertiary alicyclic amines) is 1. The van der Waals surface area contributed by atoms with E-state index in [1.54, 1.807) is 0 Å². The van der Waals surface area contributed by atoms with Crippen LogP contribution in [-0.4, -0.2) is 34.6 Å². The second kappa shape index (κ2) is 8.57. The summed E-state index contributed by atoms with van der Waals surface area (Å²) in [6, 6.07) is 1.02. The van der Waals surface area contributed by atoms with Crippen LogP contribution in [0.5, 0.6) is 0 Å². The Morgan fingerprint density at radius 3 is 2.58 bits per heavy atom. The molecule has 3 nitrogen and oxygen atoms in total. The zero-order valence-electron chi connectivity index (χ0n) is 12.9. The van der Waals surface area contributed by atoms with Gasteiger partial charge in [-0.15, -0.1) is 0 Å². The van der Waals surface area contributed by atoms with Gasteiger partial charge in [0.15, 0.2) is 0 Å². The van der Waals surface area contributed by atoms with Crippen molar-refractivity contribution in [2.24, 2.45) is 5.92 Å². The molecule has 0 saturated carbocycles. The van der Waals surface area contributed by atoms with Crippen molar-refractivity contribution in [1.29, 1.82) is 0 Å². The lowest BCUT2D eigenvalue weighted by Gasteiger charge is -2.40. The molecule has 1 heterocycles. The van der Waals surface area contributed by atoms with Gasteiger partial charge in [0.25, 0.3) is 0 Å². The van der Waals surface area contributed by atoms with E-state index in [-0.39, 0.29) is 5.92 Å². The topological polar surface area (TPSA) is 40.5 Å². The number of carboxylic acids is 1. The molecule has 1 aliphatic rings. The number of piperidine rings is 1. The van der Waals surface area contributed by atoms with Gasteiger partial charge < -0.3 is 5.11 Å². The number of nitrogens with zero attached hydrogens (tertiary/aromatic N) is 1. The van der Waals surface area contributed by atoms with Gasteiger partial charge in [0.2, 0.25) is 0 Å². The van der Waals surface area contributed by atoms with Gasteiger partial charge in [-0.2, -0.15) is 0 Å². The van der Waals surface area contributed by atoms with Crippen LogP contribution in [0.4, 0.5) is 0 Å². The largest absolute Gasteiger partial charge is 0.481 e. The SMILES string of the molecule is CCCCCCCC(C)N1CCC(C(=O)O)CC1C. The molecule has 19 heavy (non-hydrogen) atoms. The number of aliphatic carboxylic acids is 1. The van der Waals surface area contributed by atoms with E-state index in [4.69, 9.17) is 5.11 Å². The van der Waals surface area contributed by atoms with Crippen molar-refractivity contribution in [2.45, 2.75) is 84.2 Å². The Bertz CT molecular complexity index is 267. The molecule has 0 aromatic carbocycles. The molecule has 3 atom stereocenters. The summed E-state index contributed by atoms with van der Waals surface area (Å²) < 4.78 is 0. The Labute approximate surface area is 118 Å². The smallest absolute Gasteiger partial charge is 0.306 e. The number of carbonyl (C=O) groups is 1. The Morgan fingerprint density at radius 2 is 2.00 bits per heavy atom. The summed E-state index contributed by atoms with van der Waals surface area (Å²) in [5, 5.41) is 9.09. The van der Waals surface area contributed by atoms with Gasteiger partial charge in [-0.25, -0.2) is 0 Å². The van der Waals surface area contributed by atoms with Crippen LogP contribution >= 0.6 is 0 Å². The predicted molar refractivity (Wildman–Crippen MR) is 79.4 cm³/mol. The first kappa shape index (κ1) is 16.5. The molecule has 1 saturated heterocycles. The van der Waals surface area contributed by atoms with Gasteiger partial charge in [-0.3, -0.25) is 9.69 Å². The van der Waals surface area contributed by atoms with Gasteiger partial charge in [-0.05, 0) is 39.7 Å². The molecule has 0 aliphatic carbocycles. The fraction of sp³-hybridized carbons (Fsp3) is 0.938. The molecule has 0 bridgehead atoms. The van der Waals surface area contributed by atoms with Crippen molar-refractivity contribution in [3.8, 4) is 0 Å². The number of hydrogen-bond acceptors (Lipinski definition) is 2. The van der Waals surface area contributed by atoms with E-state index >= 15 is 0 Å². The molecule has 0 radical (unpaired) electrons. The number of hydrogen-bond donors (Lipinski definition) is 1. The molecule has 0 aromatic rings. The van der Waals surface area contributed by atoms with Gasteiger partial charge in [0.1, 0.15) is 0 Å². The molecule has 3 unspecified atom stereocenters. The highest BCUT2D eigenvalue weighted by Crippen LogP contribution is 2.26. The van der Waals surface area contributed by atoms with Crippen LogP contribution in [0.15, 0.2) is 0 Å². The summed E-state index contributed by atoms with van der Waals surface area (Å²) in [6.07, 6.45) is 9.57. The molecule has 1 rings (SSSR count). The van der Waals surface area contributed by atoms with Crippen molar-refractivity contribution in [3.05, 3.63) is 0 Å². The molecule has 0 spiro atoms. The van der Waals surface area contributed by atoms with E-state index < -0.39 is 5.97 Å². The van der Waals surface area contributed by atoms with Crippen LogP contribution in [0.2, 0.25) is 0 Å². The van der Waals surface area contributed by atoms with Crippen LogP contribution in [0, 0.1) is 5.92 Å². The van der Waals surface area contributed by atoms with E-state index in [0.717, 1.165) is 19.4 Å². The lowest BCUT2D eigenvalue weighted by atomic mass is 9.90. The van der Waals surface area contributed by atoms with E-state index in [2.05, 4.69) is 25.7 Å².